The molecule has 1 fully saturated rings. The van der Waals surface area contributed by atoms with Crippen molar-refractivity contribution in [2.75, 3.05) is 4.72 Å². The van der Waals surface area contributed by atoms with Crippen LogP contribution >= 0.6 is 11.3 Å². The Hall–Kier alpha value is -2.70. The van der Waals surface area contributed by atoms with Gasteiger partial charge < -0.3 is 9.71 Å². The summed E-state index contributed by atoms with van der Waals surface area (Å²) in [6.07, 6.45) is 10.8. The van der Waals surface area contributed by atoms with Crippen LogP contribution in [-0.2, 0) is 16.4 Å². The first-order valence-electron chi connectivity index (χ1n) is 14.7. The van der Waals surface area contributed by atoms with E-state index in [-0.39, 0.29) is 17.1 Å². The lowest BCUT2D eigenvalue weighted by Crippen LogP contribution is -2.12. The number of hydrogen-bond donors (Lipinski definition) is 2. The highest BCUT2D eigenvalue weighted by Crippen LogP contribution is 2.38. The summed E-state index contributed by atoms with van der Waals surface area (Å²) in [7, 11) is -1.39. The third-order valence-corrected chi connectivity index (χ3v) is 9.64. The summed E-state index contributed by atoms with van der Waals surface area (Å²) < 4.78 is 16.2. The molecule has 4 aromatic rings. The van der Waals surface area contributed by atoms with Gasteiger partial charge in [-0.25, -0.2) is 4.21 Å². The highest BCUT2D eigenvalue weighted by molar-refractivity contribution is 7.86. The second-order valence-corrected chi connectivity index (χ2v) is 14.1. The molecule has 2 aromatic carbocycles. The average molecular weight is 577 g/mol. The number of carbonyl (C=O) groups is 1. The van der Waals surface area contributed by atoms with Gasteiger partial charge in [-0.15, -0.1) is 11.3 Å². The van der Waals surface area contributed by atoms with Crippen LogP contribution in [0.25, 0.3) is 21.3 Å². The first-order valence-corrected chi connectivity index (χ1v) is 16.7. The number of rotatable bonds is 8. The second kappa shape index (κ2) is 13.8. The van der Waals surface area contributed by atoms with E-state index < -0.39 is 11.0 Å². The Bertz CT molecular complexity index is 1400. The summed E-state index contributed by atoms with van der Waals surface area (Å²) in [4.78, 5) is 18.4. The lowest BCUT2D eigenvalue weighted by Gasteiger charge is -2.19. The van der Waals surface area contributed by atoms with Gasteiger partial charge in [-0.2, -0.15) is 0 Å². The Morgan fingerprint density at radius 3 is 2.20 bits per heavy atom. The molecular weight excluding hydrogens is 533 g/mol. The van der Waals surface area contributed by atoms with Gasteiger partial charge >= 0.3 is 0 Å². The molecule has 1 saturated carbocycles. The zero-order valence-electron chi connectivity index (χ0n) is 24.6. The largest absolute Gasteiger partial charge is 0.352 e. The molecule has 0 bridgehead atoms. The molecule has 2 atom stereocenters. The van der Waals surface area contributed by atoms with Crippen molar-refractivity contribution in [1.29, 1.82) is 0 Å². The number of aromatic nitrogens is 1. The van der Waals surface area contributed by atoms with Crippen molar-refractivity contribution in [2.24, 2.45) is 5.92 Å². The maximum atomic E-state index is 13.3. The van der Waals surface area contributed by atoms with Gasteiger partial charge in [0, 0.05) is 32.9 Å². The Labute approximate surface area is 246 Å². The number of carbonyl (C=O) groups excluding carboxylic acids is 1. The molecule has 1 aliphatic rings. The maximum Gasteiger partial charge on any atom is 0.182 e. The van der Waals surface area contributed by atoms with Gasteiger partial charge in [0.25, 0.3) is 0 Å². The third kappa shape index (κ3) is 7.52. The third-order valence-electron chi connectivity index (χ3n) is 7.63. The molecule has 0 amide bonds. The van der Waals surface area contributed by atoms with Crippen molar-refractivity contribution in [2.45, 2.75) is 96.3 Å². The summed E-state index contributed by atoms with van der Waals surface area (Å²) in [6.45, 7) is 10.6. The SMILES string of the molecule is C1CCCCC1.CCCC(C)C(=O)c1[nH]c2ccc(NS(=O)c3ccc(C(C)(C)C)cc3)cc2c1-c1cccs1. The highest BCUT2D eigenvalue weighted by atomic mass is 32.2. The Kier molecular flexibility index (Phi) is 10.4. The lowest BCUT2D eigenvalue weighted by molar-refractivity contribution is 0.0920. The molecule has 6 heteroatoms. The van der Waals surface area contributed by atoms with Crippen molar-refractivity contribution in [3.63, 3.8) is 0 Å². The number of hydrogen-bond acceptors (Lipinski definition) is 3. The van der Waals surface area contributed by atoms with Gasteiger partial charge in [0.2, 0.25) is 0 Å². The predicted octanol–water partition coefficient (Wildman–Crippen LogP) is 10.3. The second-order valence-electron chi connectivity index (χ2n) is 11.9. The topological polar surface area (TPSA) is 62.0 Å². The molecule has 2 aromatic heterocycles. The number of fused-ring (bicyclic) bond motifs is 1. The Balaban J connectivity index is 0.000000546. The number of anilines is 1. The Morgan fingerprint density at radius 2 is 1.65 bits per heavy atom. The molecule has 214 valence electrons. The normalized spacial score (nSPS) is 15.2. The van der Waals surface area contributed by atoms with E-state index in [0.29, 0.717) is 5.69 Å². The first-order chi connectivity index (χ1) is 19.2. The quantitative estimate of drug-likeness (QED) is 0.205. The number of ketones is 1. The standard InChI is InChI=1S/C28H32N2O2S2.C6H12/c1-6-8-18(2)27(31)26-25(24-9-7-16-33-24)22-17-20(12-15-23(22)29-26)30-34(32)21-13-10-19(11-14-21)28(3,4)5;1-2-4-6-5-3-1/h7,9-18,29-30H,6,8H2,1-5H3;1-6H2. The van der Waals surface area contributed by atoms with E-state index in [2.05, 4.69) is 37.4 Å². The molecule has 1 aliphatic carbocycles. The van der Waals surface area contributed by atoms with E-state index in [0.717, 1.165) is 44.8 Å². The fraction of sp³-hybridized carbons (Fsp3) is 0.441. The number of H-pyrrole nitrogens is 1. The molecule has 2 unspecified atom stereocenters. The Morgan fingerprint density at radius 1 is 1.00 bits per heavy atom. The van der Waals surface area contributed by atoms with Crippen LogP contribution in [0.4, 0.5) is 5.69 Å². The maximum absolute atomic E-state index is 13.3. The van der Waals surface area contributed by atoms with Crippen molar-refractivity contribution < 1.29 is 9.00 Å². The van der Waals surface area contributed by atoms with E-state index in [1.54, 1.807) is 11.3 Å². The van der Waals surface area contributed by atoms with E-state index >= 15 is 0 Å². The summed E-state index contributed by atoms with van der Waals surface area (Å²) in [5.74, 6) is 0.0939. The van der Waals surface area contributed by atoms with Crippen LogP contribution in [0.5, 0.6) is 0 Å². The van der Waals surface area contributed by atoms with Gasteiger partial charge in [-0.3, -0.25) is 4.79 Å². The first kappa shape index (κ1) is 30.3. The summed E-state index contributed by atoms with van der Waals surface area (Å²) in [6, 6.07) is 17.8. The minimum Gasteiger partial charge on any atom is -0.352 e. The van der Waals surface area contributed by atoms with Gasteiger partial charge in [0.05, 0.1) is 10.6 Å². The predicted molar refractivity (Wildman–Crippen MR) is 173 cm³/mol. The molecule has 0 radical (unpaired) electrons. The summed E-state index contributed by atoms with van der Waals surface area (Å²) in [5.41, 5.74) is 4.51. The zero-order chi connectivity index (χ0) is 28.7. The molecule has 4 nitrogen and oxygen atoms in total. The van der Waals surface area contributed by atoms with Gasteiger partial charge in [0.15, 0.2) is 5.78 Å². The molecule has 0 spiro atoms. The van der Waals surface area contributed by atoms with Crippen LogP contribution in [0.15, 0.2) is 64.9 Å². The summed E-state index contributed by atoms with van der Waals surface area (Å²) >= 11 is 1.62. The summed E-state index contributed by atoms with van der Waals surface area (Å²) in [5, 5.41) is 2.98. The van der Waals surface area contributed by atoms with Crippen LogP contribution < -0.4 is 4.72 Å². The van der Waals surface area contributed by atoms with Gasteiger partial charge in [-0.1, -0.05) is 97.8 Å². The number of Topliss-reactive ketones (excluding diaryl/α,β-unsaturated/α-hetero) is 1. The van der Waals surface area contributed by atoms with Crippen molar-refractivity contribution >= 4 is 44.7 Å². The van der Waals surface area contributed by atoms with E-state index in [4.69, 9.17) is 0 Å². The van der Waals surface area contributed by atoms with Crippen molar-refractivity contribution in [3.05, 3.63) is 71.2 Å². The molecule has 2 heterocycles. The number of thiophene rings is 1. The monoisotopic (exact) mass is 576 g/mol. The van der Waals surface area contributed by atoms with Crippen LogP contribution in [0, 0.1) is 5.92 Å². The molecule has 2 N–H and O–H groups in total. The zero-order valence-corrected chi connectivity index (χ0v) is 26.3. The minimum atomic E-state index is -1.39. The molecular formula is C34H44N2O2S2. The van der Waals surface area contributed by atoms with E-state index in [9.17, 15) is 9.00 Å². The van der Waals surface area contributed by atoms with Crippen LogP contribution in [-0.4, -0.2) is 15.0 Å². The number of aromatic amines is 1. The lowest BCUT2D eigenvalue weighted by atomic mass is 9.87. The minimum absolute atomic E-state index is 0.0436. The number of benzene rings is 2. The van der Waals surface area contributed by atoms with Crippen LogP contribution in [0.3, 0.4) is 0 Å². The van der Waals surface area contributed by atoms with Gasteiger partial charge in [0.1, 0.15) is 11.0 Å². The van der Waals surface area contributed by atoms with Crippen molar-refractivity contribution in [1.82, 2.24) is 4.98 Å². The van der Waals surface area contributed by atoms with E-state index in [1.165, 1.54) is 44.1 Å². The fourth-order valence-corrected chi connectivity index (χ4v) is 6.87. The van der Waals surface area contributed by atoms with E-state index in [1.807, 2.05) is 66.9 Å². The van der Waals surface area contributed by atoms with Crippen LogP contribution in [0.1, 0.15) is 102 Å². The number of nitrogens with one attached hydrogen (secondary N) is 2. The smallest absolute Gasteiger partial charge is 0.182 e. The highest BCUT2D eigenvalue weighted by Gasteiger charge is 2.24. The van der Waals surface area contributed by atoms with Crippen LogP contribution in [0.2, 0.25) is 0 Å². The molecule has 0 saturated heterocycles. The molecule has 5 rings (SSSR count). The van der Waals surface area contributed by atoms with Gasteiger partial charge in [-0.05, 0) is 59.2 Å². The molecule has 0 aliphatic heterocycles. The molecule has 40 heavy (non-hydrogen) atoms. The fourth-order valence-electron chi connectivity index (χ4n) is 5.23. The van der Waals surface area contributed by atoms with Crippen molar-refractivity contribution in [3.8, 4) is 10.4 Å². The average Bonchev–Trinajstić information content (AvgIpc) is 3.61.